The monoisotopic (exact) mass is 524 g/mol. The van der Waals surface area contributed by atoms with Crippen molar-refractivity contribution in [2.24, 2.45) is 0 Å². The summed E-state index contributed by atoms with van der Waals surface area (Å²) in [7, 11) is 0. The summed E-state index contributed by atoms with van der Waals surface area (Å²) < 4.78 is 0.999. The quantitative estimate of drug-likeness (QED) is 0.383. The maximum atomic E-state index is 5.06. The molecule has 3 aliphatic rings. The molecule has 3 atom stereocenters. The summed E-state index contributed by atoms with van der Waals surface area (Å²) >= 11 is 19.6. The van der Waals surface area contributed by atoms with Gasteiger partial charge in [0.1, 0.15) is 0 Å². The molecular weight excluding hydrogens is 509 g/mol. The number of thiol groups is 3. The Morgan fingerprint density at radius 1 is 0.688 bits per heavy atom. The van der Waals surface area contributed by atoms with Crippen LogP contribution in [0, 0.1) is 0 Å². The summed E-state index contributed by atoms with van der Waals surface area (Å²) in [6, 6.07) is 0. The third-order valence-corrected chi connectivity index (χ3v) is 33.7. The Balaban J connectivity index is 1.88. The Hall–Kier alpha value is 2.98. The van der Waals surface area contributed by atoms with E-state index in [1.165, 1.54) is 36.5 Å². The Labute approximate surface area is 135 Å². The Morgan fingerprint density at radius 2 is 0.938 bits per heavy atom. The molecule has 3 saturated heterocycles. The molecule has 0 spiro atoms. The van der Waals surface area contributed by atoms with Crippen molar-refractivity contribution in [2.75, 3.05) is 17.3 Å². The molecule has 0 saturated carbocycles. The Kier molecular flexibility index (Phi) is 4.15. The molecule has 0 bridgehead atoms. The molecular formula is C9H15BiS6. The van der Waals surface area contributed by atoms with Gasteiger partial charge in [-0.1, -0.05) is 0 Å². The van der Waals surface area contributed by atoms with Crippen LogP contribution in [0.2, 0.25) is 0 Å². The van der Waals surface area contributed by atoms with Crippen molar-refractivity contribution < 1.29 is 0 Å². The Bertz CT molecular complexity index is 249. The van der Waals surface area contributed by atoms with Gasteiger partial charge in [0.05, 0.1) is 0 Å². The van der Waals surface area contributed by atoms with Gasteiger partial charge in [-0.25, -0.2) is 0 Å². The van der Waals surface area contributed by atoms with Gasteiger partial charge in [0.2, 0.25) is 0 Å². The van der Waals surface area contributed by atoms with Crippen LogP contribution < -0.4 is 0 Å². The van der Waals surface area contributed by atoms with Gasteiger partial charge >= 0.3 is 137 Å². The predicted molar refractivity (Wildman–Crippen MR) is 92.1 cm³/mol. The molecule has 7 heteroatoms. The first-order valence-corrected chi connectivity index (χ1v) is 14.9. The van der Waals surface area contributed by atoms with E-state index in [2.05, 4.69) is 35.3 Å². The predicted octanol–water partition coefficient (Wildman–Crippen LogP) is 3.39. The van der Waals surface area contributed by atoms with Crippen molar-refractivity contribution in [1.82, 2.24) is 0 Å². The molecule has 3 heterocycles. The third kappa shape index (κ3) is 2.14. The molecule has 0 aromatic heterocycles. The third-order valence-electron chi connectivity index (χ3n) is 3.33. The van der Waals surface area contributed by atoms with Gasteiger partial charge < -0.3 is 0 Å². The van der Waals surface area contributed by atoms with E-state index in [-0.39, 0.29) is 0 Å². The van der Waals surface area contributed by atoms with Gasteiger partial charge in [0, 0.05) is 0 Å². The molecule has 0 radical (unpaired) electrons. The van der Waals surface area contributed by atoms with Crippen molar-refractivity contribution in [2.45, 2.75) is 24.6 Å². The average molecular weight is 525 g/mol. The van der Waals surface area contributed by atoms with Crippen LogP contribution in [0.5, 0.6) is 0 Å². The molecule has 16 heavy (non-hydrogen) atoms. The van der Waals surface area contributed by atoms with E-state index in [1.54, 1.807) is 0 Å². The van der Waals surface area contributed by atoms with Crippen LogP contribution in [0.3, 0.4) is 0 Å². The first-order valence-electron chi connectivity index (χ1n) is 5.38. The van der Waals surface area contributed by atoms with Gasteiger partial charge in [-0.3, -0.25) is 0 Å². The summed E-state index contributed by atoms with van der Waals surface area (Å²) in [5.41, 5.74) is 0. The second kappa shape index (κ2) is 4.77. The van der Waals surface area contributed by atoms with E-state index in [0.717, 1.165) is 0 Å². The van der Waals surface area contributed by atoms with E-state index in [9.17, 15) is 0 Å². The molecule has 3 aliphatic heterocycles. The molecule has 3 unspecified atom stereocenters. The second-order valence-electron chi connectivity index (χ2n) is 4.36. The van der Waals surface area contributed by atoms with Gasteiger partial charge in [-0.05, 0) is 0 Å². The second-order valence-corrected chi connectivity index (χ2v) is 31.3. The summed E-state index contributed by atoms with van der Waals surface area (Å²) in [6.45, 7) is 0. The van der Waals surface area contributed by atoms with Crippen molar-refractivity contribution in [3.05, 3.63) is 0 Å². The van der Waals surface area contributed by atoms with Crippen LogP contribution in [-0.2, 0) is 0 Å². The van der Waals surface area contributed by atoms with E-state index < -0.39 is 21.8 Å². The van der Waals surface area contributed by atoms with Gasteiger partial charge in [-0.15, -0.1) is 0 Å². The van der Waals surface area contributed by atoms with Crippen molar-refractivity contribution in [3.63, 3.8) is 0 Å². The summed E-state index contributed by atoms with van der Waals surface area (Å²) in [5, 5.41) is 0. The molecule has 92 valence electrons. The fourth-order valence-corrected chi connectivity index (χ4v) is 50.2. The van der Waals surface area contributed by atoms with Crippen LogP contribution in [0.15, 0.2) is 0 Å². The van der Waals surface area contributed by atoms with Crippen LogP contribution in [0.1, 0.15) is 19.3 Å². The first-order chi connectivity index (χ1) is 7.49. The van der Waals surface area contributed by atoms with E-state index in [1.807, 2.05) is 0 Å². The van der Waals surface area contributed by atoms with Crippen molar-refractivity contribution in [3.8, 4) is 0 Å². The molecule has 0 N–H and O–H groups in total. The van der Waals surface area contributed by atoms with Crippen LogP contribution >= 0.6 is 73.2 Å². The zero-order valence-electron chi connectivity index (χ0n) is 8.76. The average Bonchev–Trinajstić information content (AvgIpc) is 2.10. The van der Waals surface area contributed by atoms with Gasteiger partial charge in [-0.2, -0.15) is 0 Å². The van der Waals surface area contributed by atoms with Gasteiger partial charge in [0.15, 0.2) is 0 Å². The molecule has 0 aromatic carbocycles. The van der Waals surface area contributed by atoms with Crippen LogP contribution in [0.4, 0.5) is 0 Å². The number of thioether (sulfide) groups is 3. The molecule has 0 aliphatic carbocycles. The minimum absolute atomic E-state index is 0.333. The zero-order chi connectivity index (χ0) is 11.4. The molecule has 0 nitrogen and oxygen atoms in total. The van der Waals surface area contributed by atoms with E-state index >= 15 is 0 Å². The standard InChI is InChI=1S/3C3H5S2.Bi/c3*4-3-1-2-5-3;/h3*4H,1-2H2;. The first kappa shape index (κ1) is 13.9. The SMILES string of the molecule is S[C]1([Bi]([C]2(S)CCS2)[C]2(S)CCS2)CCS1. The Morgan fingerprint density at radius 3 is 1.06 bits per heavy atom. The zero-order valence-corrected chi connectivity index (χ0v) is 17.4. The topological polar surface area (TPSA) is 0 Å². The molecule has 3 fully saturated rings. The van der Waals surface area contributed by atoms with Crippen molar-refractivity contribution in [1.29, 1.82) is 0 Å². The summed E-state index contributed by atoms with van der Waals surface area (Å²) in [5.74, 6) is 3.91. The summed E-state index contributed by atoms with van der Waals surface area (Å²) in [6.07, 6.45) is 3.93. The fourth-order valence-electron chi connectivity index (χ4n) is 2.20. The summed E-state index contributed by atoms with van der Waals surface area (Å²) in [4.78, 5) is 0. The van der Waals surface area contributed by atoms with Crippen LogP contribution in [-0.4, -0.2) is 44.4 Å². The molecule has 0 amide bonds. The normalized spacial score (nSPS) is 51.8. The number of hydrogen-bond donors (Lipinski definition) is 3. The number of hydrogen-bond acceptors (Lipinski definition) is 6. The fraction of sp³-hybridized carbons (Fsp3) is 1.00. The van der Waals surface area contributed by atoms with Crippen LogP contribution in [0.25, 0.3) is 0 Å². The van der Waals surface area contributed by atoms with Crippen molar-refractivity contribution >= 4 is 94.9 Å². The minimum atomic E-state index is -1.88. The van der Waals surface area contributed by atoms with E-state index in [4.69, 9.17) is 37.9 Å². The molecule has 0 aromatic rings. The molecule has 3 rings (SSSR count). The van der Waals surface area contributed by atoms with E-state index in [0.29, 0.717) is 5.36 Å². The maximum absolute atomic E-state index is 5.06. The number of rotatable bonds is 3. The van der Waals surface area contributed by atoms with Gasteiger partial charge in [0.25, 0.3) is 0 Å².